The lowest BCUT2D eigenvalue weighted by Gasteiger charge is -2.23. The van der Waals surface area contributed by atoms with Crippen molar-refractivity contribution in [2.45, 2.75) is 52.1 Å². The van der Waals surface area contributed by atoms with Gasteiger partial charge in [-0.1, -0.05) is 38.1 Å². The standard InChI is InChI=1S/C17H25NO2/c1-13(2)10-14-5-7-15(8-6-14)12-18-9-3-4-16(18)11-17(19)20/h5-8,13,16H,3-4,9-12H2,1-2H3,(H,19,20). The van der Waals surface area contributed by atoms with Gasteiger partial charge in [-0.05, 0) is 42.9 Å². The molecule has 3 heteroatoms. The first-order valence-electron chi connectivity index (χ1n) is 7.58. The van der Waals surface area contributed by atoms with Crippen LogP contribution in [0.3, 0.4) is 0 Å². The fourth-order valence-corrected chi connectivity index (χ4v) is 3.02. The van der Waals surface area contributed by atoms with Crippen LogP contribution in [0.15, 0.2) is 24.3 Å². The van der Waals surface area contributed by atoms with Crippen molar-refractivity contribution in [3.05, 3.63) is 35.4 Å². The lowest BCUT2D eigenvalue weighted by atomic mass is 10.0. The maximum atomic E-state index is 10.9. The molecule has 0 saturated carbocycles. The number of carbonyl (C=O) groups is 1. The average molecular weight is 275 g/mol. The first-order valence-corrected chi connectivity index (χ1v) is 7.58. The van der Waals surface area contributed by atoms with Gasteiger partial charge in [0, 0.05) is 12.6 Å². The van der Waals surface area contributed by atoms with Crippen LogP contribution in [0.2, 0.25) is 0 Å². The third-order valence-electron chi connectivity index (χ3n) is 3.96. The first-order chi connectivity index (χ1) is 9.54. The summed E-state index contributed by atoms with van der Waals surface area (Å²) in [7, 11) is 0. The summed E-state index contributed by atoms with van der Waals surface area (Å²) in [6, 6.07) is 9.00. The van der Waals surface area contributed by atoms with Gasteiger partial charge in [0.1, 0.15) is 0 Å². The first kappa shape index (κ1) is 15.0. The molecule has 0 aliphatic carbocycles. The van der Waals surface area contributed by atoms with Crippen molar-refractivity contribution >= 4 is 5.97 Å². The molecule has 0 amide bonds. The molecule has 20 heavy (non-hydrogen) atoms. The molecular weight excluding hydrogens is 250 g/mol. The van der Waals surface area contributed by atoms with Crippen LogP contribution in [-0.2, 0) is 17.8 Å². The van der Waals surface area contributed by atoms with Crippen molar-refractivity contribution in [1.82, 2.24) is 4.90 Å². The van der Waals surface area contributed by atoms with E-state index in [4.69, 9.17) is 5.11 Å². The highest BCUT2D eigenvalue weighted by Crippen LogP contribution is 2.22. The molecule has 1 atom stereocenters. The Morgan fingerprint density at radius 1 is 1.30 bits per heavy atom. The quantitative estimate of drug-likeness (QED) is 0.865. The Balaban J connectivity index is 1.93. The number of carboxylic acids is 1. The molecule has 3 nitrogen and oxygen atoms in total. The maximum Gasteiger partial charge on any atom is 0.304 e. The van der Waals surface area contributed by atoms with Crippen LogP contribution in [0.1, 0.15) is 44.2 Å². The van der Waals surface area contributed by atoms with Gasteiger partial charge in [-0.15, -0.1) is 0 Å². The number of carboxylic acid groups (broad SMARTS) is 1. The predicted molar refractivity (Wildman–Crippen MR) is 80.7 cm³/mol. The number of benzene rings is 1. The predicted octanol–water partition coefficient (Wildman–Crippen LogP) is 3.32. The van der Waals surface area contributed by atoms with Gasteiger partial charge in [0.2, 0.25) is 0 Å². The molecule has 1 unspecified atom stereocenters. The Labute approximate surface area is 121 Å². The van der Waals surface area contributed by atoms with E-state index >= 15 is 0 Å². The largest absolute Gasteiger partial charge is 0.481 e. The summed E-state index contributed by atoms with van der Waals surface area (Å²) >= 11 is 0. The Morgan fingerprint density at radius 2 is 1.95 bits per heavy atom. The van der Waals surface area contributed by atoms with E-state index in [0.717, 1.165) is 32.4 Å². The molecule has 1 aromatic carbocycles. The third kappa shape index (κ3) is 4.34. The zero-order chi connectivity index (χ0) is 14.5. The summed E-state index contributed by atoms with van der Waals surface area (Å²) in [5.41, 5.74) is 2.67. The number of hydrogen-bond acceptors (Lipinski definition) is 2. The van der Waals surface area contributed by atoms with Crippen molar-refractivity contribution in [1.29, 1.82) is 0 Å². The summed E-state index contributed by atoms with van der Waals surface area (Å²) < 4.78 is 0. The molecule has 1 saturated heterocycles. The van der Waals surface area contributed by atoms with Crippen molar-refractivity contribution in [3.63, 3.8) is 0 Å². The Bertz CT molecular complexity index is 439. The zero-order valence-corrected chi connectivity index (χ0v) is 12.5. The van der Waals surface area contributed by atoms with Crippen LogP contribution >= 0.6 is 0 Å². The van der Waals surface area contributed by atoms with Gasteiger partial charge < -0.3 is 5.11 Å². The zero-order valence-electron chi connectivity index (χ0n) is 12.5. The van der Waals surface area contributed by atoms with Crippen molar-refractivity contribution in [2.24, 2.45) is 5.92 Å². The molecule has 1 fully saturated rings. The van der Waals surface area contributed by atoms with Crippen LogP contribution in [0.25, 0.3) is 0 Å². The highest BCUT2D eigenvalue weighted by molar-refractivity contribution is 5.67. The van der Waals surface area contributed by atoms with Gasteiger partial charge in [0.05, 0.1) is 6.42 Å². The summed E-state index contributed by atoms with van der Waals surface area (Å²) in [6.07, 6.45) is 3.51. The number of aliphatic carboxylic acids is 1. The van der Waals surface area contributed by atoms with E-state index in [2.05, 4.69) is 43.0 Å². The number of likely N-dealkylation sites (tertiary alicyclic amines) is 1. The molecule has 1 aliphatic rings. The van der Waals surface area contributed by atoms with E-state index in [-0.39, 0.29) is 12.5 Å². The van der Waals surface area contributed by atoms with Crippen molar-refractivity contribution in [2.75, 3.05) is 6.54 Å². The van der Waals surface area contributed by atoms with E-state index in [1.54, 1.807) is 0 Å². The van der Waals surface area contributed by atoms with E-state index in [0.29, 0.717) is 5.92 Å². The molecule has 1 N–H and O–H groups in total. The number of hydrogen-bond donors (Lipinski definition) is 1. The number of nitrogens with zero attached hydrogens (tertiary/aromatic N) is 1. The van der Waals surface area contributed by atoms with Gasteiger partial charge in [-0.2, -0.15) is 0 Å². The lowest BCUT2D eigenvalue weighted by Crippen LogP contribution is -2.30. The average Bonchev–Trinajstić information content (AvgIpc) is 2.78. The molecule has 0 spiro atoms. The highest BCUT2D eigenvalue weighted by Gasteiger charge is 2.26. The molecule has 110 valence electrons. The van der Waals surface area contributed by atoms with Gasteiger partial charge in [-0.25, -0.2) is 0 Å². The maximum absolute atomic E-state index is 10.9. The Hall–Kier alpha value is -1.35. The molecule has 0 radical (unpaired) electrons. The second-order valence-electron chi connectivity index (χ2n) is 6.28. The molecular formula is C17H25NO2. The monoisotopic (exact) mass is 275 g/mol. The van der Waals surface area contributed by atoms with Gasteiger partial charge >= 0.3 is 5.97 Å². The summed E-state index contributed by atoms with van der Waals surface area (Å²) in [5.74, 6) is -0.00596. The molecule has 1 aliphatic heterocycles. The molecule has 1 aromatic rings. The normalized spacial score (nSPS) is 19.6. The summed E-state index contributed by atoms with van der Waals surface area (Å²) in [6.45, 7) is 6.36. The minimum Gasteiger partial charge on any atom is -0.481 e. The minimum atomic E-state index is -0.686. The SMILES string of the molecule is CC(C)Cc1ccc(CN2CCCC2CC(=O)O)cc1. The second kappa shape index (κ2) is 6.89. The fraction of sp³-hybridized carbons (Fsp3) is 0.588. The van der Waals surface area contributed by atoms with Gasteiger partial charge in [0.15, 0.2) is 0 Å². The van der Waals surface area contributed by atoms with Crippen molar-refractivity contribution in [3.8, 4) is 0 Å². The Kier molecular flexibility index (Phi) is 5.18. The van der Waals surface area contributed by atoms with E-state index in [9.17, 15) is 4.79 Å². The van der Waals surface area contributed by atoms with E-state index < -0.39 is 5.97 Å². The van der Waals surface area contributed by atoms with Crippen molar-refractivity contribution < 1.29 is 9.90 Å². The highest BCUT2D eigenvalue weighted by atomic mass is 16.4. The number of rotatable bonds is 6. The molecule has 0 aromatic heterocycles. The van der Waals surface area contributed by atoms with Gasteiger partial charge in [-0.3, -0.25) is 9.69 Å². The van der Waals surface area contributed by atoms with Crippen LogP contribution in [0.4, 0.5) is 0 Å². The third-order valence-corrected chi connectivity index (χ3v) is 3.96. The smallest absolute Gasteiger partial charge is 0.304 e. The van der Waals surface area contributed by atoms with E-state index in [1.165, 1.54) is 11.1 Å². The van der Waals surface area contributed by atoms with Crippen LogP contribution in [0, 0.1) is 5.92 Å². The minimum absolute atomic E-state index is 0.211. The molecule has 0 bridgehead atoms. The second-order valence-corrected chi connectivity index (χ2v) is 6.28. The van der Waals surface area contributed by atoms with E-state index in [1.807, 2.05) is 0 Å². The molecule has 1 heterocycles. The summed E-state index contributed by atoms with van der Waals surface area (Å²) in [4.78, 5) is 13.2. The van der Waals surface area contributed by atoms with Crippen LogP contribution < -0.4 is 0 Å². The lowest BCUT2D eigenvalue weighted by molar-refractivity contribution is -0.138. The van der Waals surface area contributed by atoms with Crippen LogP contribution in [-0.4, -0.2) is 28.6 Å². The van der Waals surface area contributed by atoms with Gasteiger partial charge in [0.25, 0.3) is 0 Å². The van der Waals surface area contributed by atoms with Crippen LogP contribution in [0.5, 0.6) is 0 Å². The fourth-order valence-electron chi connectivity index (χ4n) is 3.02. The summed E-state index contributed by atoms with van der Waals surface area (Å²) in [5, 5.41) is 8.95. The molecule has 2 rings (SSSR count). The Morgan fingerprint density at radius 3 is 2.55 bits per heavy atom. The topological polar surface area (TPSA) is 40.5 Å².